The molecule has 0 spiro atoms. The zero-order valence-corrected chi connectivity index (χ0v) is 15.3. The van der Waals surface area contributed by atoms with Crippen LogP contribution in [0.15, 0.2) is 12.1 Å². The number of hydrogen-bond donors (Lipinski definition) is 1. The number of benzene rings is 1. The van der Waals surface area contributed by atoms with E-state index in [0.717, 1.165) is 32.0 Å². The molecule has 0 unspecified atom stereocenters. The van der Waals surface area contributed by atoms with Gasteiger partial charge in [-0.1, -0.05) is 12.1 Å². The molecular formula is C19H32NO3+. The van der Waals surface area contributed by atoms with Gasteiger partial charge in [-0.05, 0) is 51.3 Å². The number of ether oxygens (including phenoxy) is 3. The van der Waals surface area contributed by atoms with Crippen molar-refractivity contribution in [3.05, 3.63) is 28.8 Å². The Balaban J connectivity index is 1.64. The molecule has 1 saturated heterocycles. The van der Waals surface area contributed by atoms with Gasteiger partial charge in [-0.25, -0.2) is 0 Å². The van der Waals surface area contributed by atoms with E-state index in [1.807, 2.05) is 0 Å². The van der Waals surface area contributed by atoms with Gasteiger partial charge in [-0.15, -0.1) is 0 Å². The van der Waals surface area contributed by atoms with Gasteiger partial charge in [0.15, 0.2) is 0 Å². The Morgan fingerprint density at radius 2 is 1.65 bits per heavy atom. The van der Waals surface area contributed by atoms with E-state index in [2.05, 4.69) is 46.8 Å². The van der Waals surface area contributed by atoms with Crippen LogP contribution in [0.1, 0.15) is 30.5 Å². The van der Waals surface area contributed by atoms with E-state index >= 15 is 0 Å². The Labute approximate surface area is 140 Å². The van der Waals surface area contributed by atoms with Crippen molar-refractivity contribution in [1.82, 2.24) is 0 Å². The van der Waals surface area contributed by atoms with Crippen molar-refractivity contribution in [2.45, 2.75) is 46.8 Å². The predicted molar refractivity (Wildman–Crippen MR) is 92.5 cm³/mol. The Morgan fingerprint density at radius 3 is 2.35 bits per heavy atom. The number of rotatable bonds is 7. The molecule has 0 saturated carbocycles. The first-order valence-electron chi connectivity index (χ1n) is 8.73. The van der Waals surface area contributed by atoms with Crippen molar-refractivity contribution in [3.63, 3.8) is 0 Å². The Morgan fingerprint density at radius 1 is 1.00 bits per heavy atom. The standard InChI is InChI=1S/C19H31NO3/c1-14-6-7-15(2)19(18(14)5)22-11-10-21-9-8-20-12-16(3)23-17(4)13-20/h6-7,16-17H,8-13H2,1-5H3/p+1/t16-,17-/m1/s1. The fourth-order valence-corrected chi connectivity index (χ4v) is 3.26. The summed E-state index contributed by atoms with van der Waals surface area (Å²) in [5.41, 5.74) is 3.69. The van der Waals surface area contributed by atoms with Crippen molar-refractivity contribution in [1.29, 1.82) is 0 Å². The maximum Gasteiger partial charge on any atom is 0.125 e. The minimum atomic E-state index is 0.351. The molecule has 0 aliphatic carbocycles. The second kappa shape index (κ2) is 8.67. The number of hydrogen-bond acceptors (Lipinski definition) is 3. The number of morpholine rings is 1. The minimum absolute atomic E-state index is 0.351. The summed E-state index contributed by atoms with van der Waals surface area (Å²) in [4.78, 5) is 1.57. The van der Waals surface area contributed by atoms with Gasteiger partial charge < -0.3 is 19.1 Å². The van der Waals surface area contributed by atoms with Crippen molar-refractivity contribution in [2.75, 3.05) is 39.5 Å². The lowest BCUT2D eigenvalue weighted by atomic mass is 10.1. The molecule has 1 fully saturated rings. The van der Waals surface area contributed by atoms with Gasteiger partial charge in [-0.2, -0.15) is 0 Å². The molecule has 1 aromatic carbocycles. The molecule has 130 valence electrons. The largest absolute Gasteiger partial charge is 0.491 e. The highest BCUT2D eigenvalue weighted by Crippen LogP contribution is 2.25. The molecule has 0 radical (unpaired) electrons. The monoisotopic (exact) mass is 322 g/mol. The molecule has 4 heteroatoms. The summed E-state index contributed by atoms with van der Waals surface area (Å²) in [6, 6.07) is 4.25. The third kappa shape index (κ3) is 5.48. The summed E-state index contributed by atoms with van der Waals surface area (Å²) in [6.07, 6.45) is 0.703. The van der Waals surface area contributed by atoms with E-state index in [4.69, 9.17) is 14.2 Å². The summed E-state index contributed by atoms with van der Waals surface area (Å²) in [6.45, 7) is 15.8. The zero-order chi connectivity index (χ0) is 16.8. The second-order valence-corrected chi connectivity index (χ2v) is 6.78. The van der Waals surface area contributed by atoms with Crippen LogP contribution in [-0.2, 0) is 9.47 Å². The smallest absolute Gasteiger partial charge is 0.125 e. The predicted octanol–water partition coefficient (Wildman–Crippen LogP) is 1.70. The summed E-state index contributed by atoms with van der Waals surface area (Å²) < 4.78 is 17.4. The van der Waals surface area contributed by atoms with Crippen molar-refractivity contribution >= 4 is 0 Å². The van der Waals surface area contributed by atoms with Crippen LogP contribution >= 0.6 is 0 Å². The summed E-state index contributed by atoms with van der Waals surface area (Å²) >= 11 is 0. The highest BCUT2D eigenvalue weighted by atomic mass is 16.5. The van der Waals surface area contributed by atoms with Crippen LogP contribution in [0.2, 0.25) is 0 Å². The summed E-state index contributed by atoms with van der Waals surface area (Å²) in [7, 11) is 0. The second-order valence-electron chi connectivity index (χ2n) is 6.78. The summed E-state index contributed by atoms with van der Waals surface area (Å²) in [5, 5.41) is 0. The summed E-state index contributed by atoms with van der Waals surface area (Å²) in [5.74, 6) is 1.01. The lowest BCUT2D eigenvalue weighted by molar-refractivity contribution is -0.915. The maximum atomic E-state index is 5.92. The van der Waals surface area contributed by atoms with Crippen LogP contribution in [0.25, 0.3) is 0 Å². The number of aryl methyl sites for hydroxylation is 2. The number of nitrogens with one attached hydrogen (secondary N) is 1. The third-order valence-electron chi connectivity index (χ3n) is 4.56. The van der Waals surface area contributed by atoms with Gasteiger partial charge >= 0.3 is 0 Å². The fourth-order valence-electron chi connectivity index (χ4n) is 3.26. The van der Waals surface area contributed by atoms with Crippen LogP contribution in [0, 0.1) is 20.8 Å². The first-order chi connectivity index (χ1) is 11.0. The van der Waals surface area contributed by atoms with Crippen molar-refractivity contribution in [2.24, 2.45) is 0 Å². The molecule has 1 heterocycles. The molecule has 1 aliphatic rings. The molecule has 0 amide bonds. The number of quaternary nitrogens is 1. The molecule has 1 N–H and O–H groups in total. The van der Waals surface area contributed by atoms with Gasteiger partial charge in [0.05, 0.1) is 13.2 Å². The molecule has 0 aromatic heterocycles. The molecule has 23 heavy (non-hydrogen) atoms. The van der Waals surface area contributed by atoms with Gasteiger partial charge in [0, 0.05) is 0 Å². The quantitative estimate of drug-likeness (QED) is 0.776. The zero-order valence-electron chi connectivity index (χ0n) is 15.3. The van der Waals surface area contributed by atoms with Crippen LogP contribution in [0.3, 0.4) is 0 Å². The van der Waals surface area contributed by atoms with E-state index in [1.165, 1.54) is 16.7 Å². The first-order valence-corrected chi connectivity index (χ1v) is 8.73. The Bertz CT molecular complexity index is 494. The fraction of sp³-hybridized carbons (Fsp3) is 0.684. The third-order valence-corrected chi connectivity index (χ3v) is 4.56. The Kier molecular flexibility index (Phi) is 6.88. The molecule has 4 nitrogen and oxygen atoms in total. The SMILES string of the molecule is Cc1ccc(C)c(OCCOCC[NH+]2C[C@@H](C)O[C@H](C)C2)c1C. The maximum absolute atomic E-state index is 5.92. The van der Waals surface area contributed by atoms with Gasteiger partial charge in [0.2, 0.25) is 0 Å². The van der Waals surface area contributed by atoms with Crippen LogP contribution < -0.4 is 9.64 Å². The topological polar surface area (TPSA) is 32.1 Å². The highest BCUT2D eigenvalue weighted by Gasteiger charge is 2.24. The molecule has 1 aromatic rings. The van der Waals surface area contributed by atoms with Crippen LogP contribution in [0.5, 0.6) is 5.75 Å². The highest BCUT2D eigenvalue weighted by molar-refractivity contribution is 5.44. The molecular weight excluding hydrogens is 290 g/mol. The normalized spacial score (nSPS) is 24.7. The molecule has 2 rings (SSSR count). The van der Waals surface area contributed by atoms with E-state index in [1.54, 1.807) is 4.90 Å². The van der Waals surface area contributed by atoms with E-state index < -0.39 is 0 Å². The van der Waals surface area contributed by atoms with Gasteiger partial charge in [0.25, 0.3) is 0 Å². The van der Waals surface area contributed by atoms with Gasteiger partial charge in [0.1, 0.15) is 44.2 Å². The average molecular weight is 322 g/mol. The van der Waals surface area contributed by atoms with Crippen molar-refractivity contribution in [3.8, 4) is 5.75 Å². The van der Waals surface area contributed by atoms with E-state index in [9.17, 15) is 0 Å². The van der Waals surface area contributed by atoms with E-state index in [0.29, 0.717) is 25.4 Å². The molecule has 1 aliphatic heterocycles. The Hall–Kier alpha value is -1.10. The van der Waals surface area contributed by atoms with Crippen LogP contribution in [-0.4, -0.2) is 51.7 Å². The lowest BCUT2D eigenvalue weighted by Crippen LogP contribution is -3.15. The van der Waals surface area contributed by atoms with Crippen LogP contribution in [0.4, 0.5) is 0 Å². The molecule has 0 bridgehead atoms. The van der Waals surface area contributed by atoms with E-state index in [-0.39, 0.29) is 0 Å². The molecule has 2 atom stereocenters. The van der Waals surface area contributed by atoms with Crippen molar-refractivity contribution < 1.29 is 19.1 Å². The lowest BCUT2D eigenvalue weighted by Gasteiger charge is -2.32. The average Bonchev–Trinajstić information content (AvgIpc) is 2.48. The first kappa shape index (κ1) is 18.2. The van der Waals surface area contributed by atoms with Gasteiger partial charge in [-0.3, -0.25) is 0 Å². The minimum Gasteiger partial charge on any atom is -0.491 e.